The maximum Gasteiger partial charge on any atom is 0.0817 e. The van der Waals surface area contributed by atoms with Crippen LogP contribution < -0.4 is 11.1 Å². The summed E-state index contributed by atoms with van der Waals surface area (Å²) in [5.74, 6) is 0.786. The minimum absolute atomic E-state index is 0.165. The normalized spacial score (nSPS) is 21.2. The number of hydrogen-bond donors (Lipinski definition) is 2. The lowest BCUT2D eigenvalue weighted by Gasteiger charge is -2.21. The highest BCUT2D eigenvalue weighted by Gasteiger charge is 2.44. The van der Waals surface area contributed by atoms with Crippen molar-refractivity contribution in [2.75, 3.05) is 26.7 Å². The second-order valence-corrected chi connectivity index (χ2v) is 4.74. The van der Waals surface area contributed by atoms with Crippen LogP contribution in [0.5, 0.6) is 0 Å². The van der Waals surface area contributed by atoms with E-state index in [1.807, 2.05) is 0 Å². The molecule has 0 heterocycles. The van der Waals surface area contributed by atoms with Crippen molar-refractivity contribution in [2.24, 2.45) is 17.1 Å². The molecule has 0 aromatic heterocycles. The molecule has 0 spiro atoms. The molecular formula is C11H24N2O. The van der Waals surface area contributed by atoms with Crippen LogP contribution in [0.2, 0.25) is 0 Å². The Balaban J connectivity index is 2.15. The van der Waals surface area contributed by atoms with Crippen LogP contribution in [0.3, 0.4) is 0 Å². The van der Waals surface area contributed by atoms with Crippen molar-refractivity contribution in [1.29, 1.82) is 0 Å². The first-order valence-electron chi connectivity index (χ1n) is 5.58. The summed E-state index contributed by atoms with van der Waals surface area (Å²) < 4.78 is 5.21. The summed E-state index contributed by atoms with van der Waals surface area (Å²) >= 11 is 0. The summed E-state index contributed by atoms with van der Waals surface area (Å²) in [6, 6.07) is 0. The zero-order chi connectivity index (χ0) is 10.6. The Morgan fingerprint density at radius 2 is 2.07 bits per heavy atom. The number of nitrogens with one attached hydrogen (secondary N) is 1. The molecule has 3 heteroatoms. The molecule has 14 heavy (non-hydrogen) atoms. The predicted octanol–water partition coefficient (Wildman–Crippen LogP) is 0.986. The first kappa shape index (κ1) is 12.0. The molecule has 1 fully saturated rings. The Labute approximate surface area is 87.4 Å². The van der Waals surface area contributed by atoms with Crippen molar-refractivity contribution in [3.8, 4) is 0 Å². The van der Waals surface area contributed by atoms with Gasteiger partial charge in [0.05, 0.1) is 6.10 Å². The Morgan fingerprint density at radius 3 is 2.43 bits per heavy atom. The van der Waals surface area contributed by atoms with E-state index in [2.05, 4.69) is 19.2 Å². The molecule has 1 aliphatic rings. The van der Waals surface area contributed by atoms with E-state index in [0.29, 0.717) is 12.0 Å². The molecule has 0 amide bonds. The highest BCUT2D eigenvalue weighted by atomic mass is 16.5. The molecule has 1 atom stereocenters. The van der Waals surface area contributed by atoms with E-state index in [0.717, 1.165) is 19.0 Å². The maximum absolute atomic E-state index is 5.54. The lowest BCUT2D eigenvalue weighted by Crippen LogP contribution is -2.37. The van der Waals surface area contributed by atoms with E-state index in [-0.39, 0.29) is 6.10 Å². The zero-order valence-corrected chi connectivity index (χ0v) is 9.68. The SMILES string of the molecule is COC(CN)CNCC1(C(C)C)CC1. The summed E-state index contributed by atoms with van der Waals surface area (Å²) in [6.45, 7) is 7.21. The fourth-order valence-electron chi connectivity index (χ4n) is 1.86. The minimum Gasteiger partial charge on any atom is -0.379 e. The second kappa shape index (κ2) is 5.10. The Hall–Kier alpha value is -0.120. The highest BCUT2D eigenvalue weighted by Crippen LogP contribution is 2.51. The van der Waals surface area contributed by atoms with Gasteiger partial charge in [-0.3, -0.25) is 0 Å². The molecule has 1 rings (SSSR count). The number of rotatable bonds is 7. The molecule has 1 unspecified atom stereocenters. The lowest BCUT2D eigenvalue weighted by atomic mass is 9.92. The average Bonchev–Trinajstić information content (AvgIpc) is 2.93. The van der Waals surface area contributed by atoms with Gasteiger partial charge in [0, 0.05) is 26.7 Å². The van der Waals surface area contributed by atoms with Gasteiger partial charge in [-0.1, -0.05) is 13.8 Å². The summed E-state index contributed by atoms with van der Waals surface area (Å²) in [4.78, 5) is 0. The molecule has 0 saturated heterocycles. The quantitative estimate of drug-likeness (QED) is 0.644. The van der Waals surface area contributed by atoms with Crippen LogP contribution in [0.15, 0.2) is 0 Å². The molecule has 1 saturated carbocycles. The van der Waals surface area contributed by atoms with E-state index >= 15 is 0 Å². The average molecular weight is 200 g/mol. The first-order chi connectivity index (χ1) is 6.64. The molecule has 0 radical (unpaired) electrons. The van der Waals surface area contributed by atoms with Crippen LogP contribution in [-0.2, 0) is 4.74 Å². The van der Waals surface area contributed by atoms with Crippen LogP contribution in [0.4, 0.5) is 0 Å². The molecule has 0 aromatic rings. The monoisotopic (exact) mass is 200 g/mol. The Bertz CT molecular complexity index is 163. The fourth-order valence-corrected chi connectivity index (χ4v) is 1.86. The summed E-state index contributed by atoms with van der Waals surface area (Å²) in [5, 5.41) is 3.47. The van der Waals surface area contributed by atoms with Crippen molar-refractivity contribution in [1.82, 2.24) is 5.32 Å². The molecule has 1 aliphatic carbocycles. The molecule has 3 N–H and O–H groups in total. The molecule has 0 aliphatic heterocycles. The predicted molar refractivity (Wildman–Crippen MR) is 59.2 cm³/mol. The number of nitrogens with two attached hydrogens (primary N) is 1. The molecule has 0 bridgehead atoms. The van der Waals surface area contributed by atoms with Gasteiger partial charge >= 0.3 is 0 Å². The van der Waals surface area contributed by atoms with Gasteiger partial charge in [-0.15, -0.1) is 0 Å². The van der Waals surface area contributed by atoms with Crippen LogP contribution in [0.1, 0.15) is 26.7 Å². The van der Waals surface area contributed by atoms with Crippen LogP contribution >= 0.6 is 0 Å². The summed E-state index contributed by atoms with van der Waals surface area (Å²) in [5.41, 5.74) is 6.12. The lowest BCUT2D eigenvalue weighted by molar-refractivity contribution is 0.106. The third-order valence-electron chi connectivity index (χ3n) is 3.56. The minimum atomic E-state index is 0.165. The van der Waals surface area contributed by atoms with E-state index in [1.165, 1.54) is 12.8 Å². The number of hydrogen-bond acceptors (Lipinski definition) is 3. The summed E-state index contributed by atoms with van der Waals surface area (Å²) in [6.07, 6.45) is 2.91. The fraction of sp³-hybridized carbons (Fsp3) is 1.00. The van der Waals surface area contributed by atoms with E-state index in [9.17, 15) is 0 Å². The van der Waals surface area contributed by atoms with E-state index in [4.69, 9.17) is 10.5 Å². The highest BCUT2D eigenvalue weighted by molar-refractivity contribution is 4.97. The van der Waals surface area contributed by atoms with Gasteiger partial charge in [-0.2, -0.15) is 0 Å². The molecular weight excluding hydrogens is 176 g/mol. The van der Waals surface area contributed by atoms with Crippen LogP contribution in [0, 0.1) is 11.3 Å². The van der Waals surface area contributed by atoms with Gasteiger partial charge in [0.25, 0.3) is 0 Å². The standard InChI is InChI=1S/C11H24N2O/c1-9(2)11(4-5-11)8-13-7-10(6-12)14-3/h9-10,13H,4-8,12H2,1-3H3. The van der Waals surface area contributed by atoms with Crippen molar-refractivity contribution in [3.05, 3.63) is 0 Å². The number of ether oxygens (including phenoxy) is 1. The van der Waals surface area contributed by atoms with Gasteiger partial charge in [0.15, 0.2) is 0 Å². The molecule has 84 valence electrons. The first-order valence-corrected chi connectivity index (χ1v) is 5.58. The topological polar surface area (TPSA) is 47.3 Å². The number of methoxy groups -OCH3 is 1. The third-order valence-corrected chi connectivity index (χ3v) is 3.56. The Kier molecular flexibility index (Phi) is 4.35. The van der Waals surface area contributed by atoms with Gasteiger partial charge in [-0.05, 0) is 24.2 Å². The van der Waals surface area contributed by atoms with Gasteiger partial charge < -0.3 is 15.8 Å². The van der Waals surface area contributed by atoms with Crippen molar-refractivity contribution < 1.29 is 4.74 Å². The molecule has 0 aromatic carbocycles. The Morgan fingerprint density at radius 1 is 1.43 bits per heavy atom. The van der Waals surface area contributed by atoms with Gasteiger partial charge in [-0.25, -0.2) is 0 Å². The molecule has 3 nitrogen and oxygen atoms in total. The van der Waals surface area contributed by atoms with Crippen LogP contribution in [-0.4, -0.2) is 32.8 Å². The zero-order valence-electron chi connectivity index (χ0n) is 9.68. The van der Waals surface area contributed by atoms with Gasteiger partial charge in [0.1, 0.15) is 0 Å². The maximum atomic E-state index is 5.54. The smallest absolute Gasteiger partial charge is 0.0817 e. The van der Waals surface area contributed by atoms with Crippen molar-refractivity contribution in [3.63, 3.8) is 0 Å². The van der Waals surface area contributed by atoms with Crippen LogP contribution in [0.25, 0.3) is 0 Å². The van der Waals surface area contributed by atoms with E-state index in [1.54, 1.807) is 7.11 Å². The largest absolute Gasteiger partial charge is 0.379 e. The second-order valence-electron chi connectivity index (χ2n) is 4.74. The summed E-state index contributed by atoms with van der Waals surface area (Å²) in [7, 11) is 1.72. The van der Waals surface area contributed by atoms with E-state index < -0.39 is 0 Å². The van der Waals surface area contributed by atoms with Crippen molar-refractivity contribution >= 4 is 0 Å². The van der Waals surface area contributed by atoms with Gasteiger partial charge in [0.2, 0.25) is 0 Å². The van der Waals surface area contributed by atoms with Crippen molar-refractivity contribution in [2.45, 2.75) is 32.8 Å². The third kappa shape index (κ3) is 2.94.